The van der Waals surface area contributed by atoms with Crippen LogP contribution in [0.5, 0.6) is 0 Å². The van der Waals surface area contributed by atoms with Gasteiger partial charge in [0.05, 0.1) is 0 Å². The van der Waals surface area contributed by atoms with Gasteiger partial charge in [0.15, 0.2) is 5.96 Å². The number of guanidine groups is 1. The van der Waals surface area contributed by atoms with Gasteiger partial charge in [-0.3, -0.25) is 9.79 Å². The highest BCUT2D eigenvalue weighted by Gasteiger charge is 2.24. The van der Waals surface area contributed by atoms with Crippen LogP contribution in [0, 0.1) is 5.92 Å². The molecule has 0 heterocycles. The molecule has 2 fully saturated rings. The molecule has 2 aliphatic carbocycles. The van der Waals surface area contributed by atoms with E-state index in [1.165, 1.54) is 51.4 Å². The first-order chi connectivity index (χ1) is 11.7. The molecule has 0 aliphatic heterocycles. The standard InChI is InChI=1S/C18H34N4OS/c1-19-18(22-15-8-9-16(13-15)24-2)21-11-10-20-17(23)12-14-6-4-3-5-7-14/h14-16H,3-13H2,1-2H3,(H,20,23)(H2,19,21,22). The molecule has 2 atom stereocenters. The molecule has 0 spiro atoms. The Kier molecular flexibility index (Phi) is 8.78. The minimum Gasteiger partial charge on any atom is -0.355 e. The number of aliphatic imine (C=N–C) groups is 1. The maximum absolute atomic E-state index is 12.0. The zero-order valence-corrected chi connectivity index (χ0v) is 16.1. The van der Waals surface area contributed by atoms with Crippen LogP contribution in [0.4, 0.5) is 0 Å². The second-order valence-corrected chi connectivity index (χ2v) is 8.21. The Morgan fingerprint density at radius 2 is 1.83 bits per heavy atom. The van der Waals surface area contributed by atoms with Crippen LogP contribution in [0.15, 0.2) is 4.99 Å². The molecule has 3 N–H and O–H groups in total. The Hall–Kier alpha value is -0.910. The zero-order valence-electron chi connectivity index (χ0n) is 15.3. The fourth-order valence-electron chi connectivity index (χ4n) is 3.78. The normalized spacial score (nSPS) is 25.5. The maximum Gasteiger partial charge on any atom is 0.220 e. The first-order valence-corrected chi connectivity index (χ1v) is 10.8. The van der Waals surface area contributed by atoms with Crippen LogP contribution in [-0.2, 0) is 4.79 Å². The molecule has 6 heteroatoms. The van der Waals surface area contributed by atoms with Crippen LogP contribution in [-0.4, -0.2) is 49.6 Å². The first-order valence-electron chi connectivity index (χ1n) is 9.48. The lowest BCUT2D eigenvalue weighted by molar-refractivity contribution is -0.122. The maximum atomic E-state index is 12.0. The molecule has 0 aromatic heterocycles. The van der Waals surface area contributed by atoms with E-state index in [-0.39, 0.29) is 5.91 Å². The average Bonchev–Trinajstić information content (AvgIpc) is 3.06. The van der Waals surface area contributed by atoms with Gasteiger partial charge in [0.1, 0.15) is 0 Å². The second-order valence-electron chi connectivity index (χ2n) is 7.07. The Bertz CT molecular complexity index is 410. The van der Waals surface area contributed by atoms with Crippen LogP contribution in [0.3, 0.4) is 0 Å². The third kappa shape index (κ3) is 6.91. The fraction of sp³-hybridized carbons (Fsp3) is 0.889. The Morgan fingerprint density at radius 3 is 2.50 bits per heavy atom. The summed E-state index contributed by atoms with van der Waals surface area (Å²) in [5, 5.41) is 10.6. The third-order valence-corrected chi connectivity index (χ3v) is 6.32. The van der Waals surface area contributed by atoms with Crippen LogP contribution >= 0.6 is 11.8 Å². The summed E-state index contributed by atoms with van der Waals surface area (Å²) in [5.74, 6) is 1.65. The van der Waals surface area contributed by atoms with Crippen LogP contribution in [0.25, 0.3) is 0 Å². The van der Waals surface area contributed by atoms with Gasteiger partial charge in [0, 0.05) is 37.8 Å². The first kappa shape index (κ1) is 19.4. The van der Waals surface area contributed by atoms with E-state index in [0.717, 1.165) is 17.8 Å². The average molecular weight is 355 g/mol. The van der Waals surface area contributed by atoms with Gasteiger partial charge in [-0.25, -0.2) is 0 Å². The van der Waals surface area contributed by atoms with Crippen LogP contribution in [0.2, 0.25) is 0 Å². The largest absolute Gasteiger partial charge is 0.355 e. The van der Waals surface area contributed by atoms with Gasteiger partial charge >= 0.3 is 0 Å². The van der Waals surface area contributed by atoms with E-state index >= 15 is 0 Å². The van der Waals surface area contributed by atoms with Gasteiger partial charge in [-0.2, -0.15) is 11.8 Å². The number of nitrogens with one attached hydrogen (secondary N) is 3. The Balaban J connectivity index is 1.55. The topological polar surface area (TPSA) is 65.5 Å². The highest BCUT2D eigenvalue weighted by atomic mass is 32.2. The number of thioether (sulfide) groups is 1. The predicted octanol–water partition coefficient (Wildman–Crippen LogP) is 2.52. The van der Waals surface area contributed by atoms with Crippen molar-refractivity contribution in [1.29, 1.82) is 0 Å². The summed E-state index contributed by atoms with van der Waals surface area (Å²) in [5.41, 5.74) is 0. The molecular formula is C18H34N4OS. The minimum atomic E-state index is 0.199. The Labute approximate surface area is 151 Å². The Morgan fingerprint density at radius 1 is 1.08 bits per heavy atom. The number of carbonyl (C=O) groups is 1. The smallest absolute Gasteiger partial charge is 0.220 e. The summed E-state index contributed by atoms with van der Waals surface area (Å²) in [6.07, 6.45) is 13.0. The molecule has 0 aromatic rings. The van der Waals surface area contributed by atoms with E-state index in [4.69, 9.17) is 0 Å². The number of nitrogens with zero attached hydrogens (tertiary/aromatic N) is 1. The quantitative estimate of drug-likeness (QED) is 0.373. The summed E-state index contributed by atoms with van der Waals surface area (Å²) in [6, 6.07) is 0.523. The number of amides is 1. The minimum absolute atomic E-state index is 0.199. The number of carbonyl (C=O) groups excluding carboxylic acids is 1. The molecule has 24 heavy (non-hydrogen) atoms. The molecule has 5 nitrogen and oxygen atoms in total. The van der Waals surface area contributed by atoms with Gasteiger partial charge in [0.2, 0.25) is 5.91 Å². The number of rotatable bonds is 7. The molecule has 2 saturated carbocycles. The van der Waals surface area contributed by atoms with E-state index in [9.17, 15) is 4.79 Å². The van der Waals surface area contributed by atoms with E-state index in [1.807, 2.05) is 11.8 Å². The van der Waals surface area contributed by atoms with Crippen molar-refractivity contribution in [1.82, 2.24) is 16.0 Å². The fourth-order valence-corrected chi connectivity index (χ4v) is 4.58. The highest BCUT2D eigenvalue weighted by Crippen LogP contribution is 2.28. The molecule has 2 unspecified atom stereocenters. The van der Waals surface area contributed by atoms with Crippen molar-refractivity contribution in [2.45, 2.75) is 69.1 Å². The molecule has 0 aromatic carbocycles. The zero-order chi connectivity index (χ0) is 17.2. The van der Waals surface area contributed by atoms with Crippen molar-refractivity contribution in [3.8, 4) is 0 Å². The molecule has 0 saturated heterocycles. The van der Waals surface area contributed by atoms with Gasteiger partial charge in [0.25, 0.3) is 0 Å². The summed E-state index contributed by atoms with van der Waals surface area (Å²) < 4.78 is 0. The van der Waals surface area contributed by atoms with Crippen molar-refractivity contribution in [3.05, 3.63) is 0 Å². The van der Waals surface area contributed by atoms with Gasteiger partial charge in [-0.15, -0.1) is 0 Å². The molecule has 0 bridgehead atoms. The lowest BCUT2D eigenvalue weighted by Gasteiger charge is -2.21. The summed E-state index contributed by atoms with van der Waals surface area (Å²) >= 11 is 1.96. The number of hydrogen-bond donors (Lipinski definition) is 3. The molecule has 2 aliphatic rings. The summed E-state index contributed by atoms with van der Waals surface area (Å²) in [6.45, 7) is 1.37. The molecule has 138 valence electrons. The summed E-state index contributed by atoms with van der Waals surface area (Å²) in [4.78, 5) is 16.3. The number of hydrogen-bond acceptors (Lipinski definition) is 3. The highest BCUT2D eigenvalue weighted by molar-refractivity contribution is 7.99. The second kappa shape index (κ2) is 10.9. The summed E-state index contributed by atoms with van der Waals surface area (Å²) in [7, 11) is 1.80. The molecule has 1 amide bonds. The van der Waals surface area contributed by atoms with Crippen molar-refractivity contribution in [2.75, 3.05) is 26.4 Å². The van der Waals surface area contributed by atoms with Crippen LogP contribution < -0.4 is 16.0 Å². The van der Waals surface area contributed by atoms with E-state index in [0.29, 0.717) is 24.9 Å². The molecule has 0 radical (unpaired) electrons. The predicted molar refractivity (Wildman–Crippen MR) is 104 cm³/mol. The van der Waals surface area contributed by atoms with E-state index < -0.39 is 0 Å². The third-order valence-electron chi connectivity index (χ3n) is 5.22. The van der Waals surface area contributed by atoms with Crippen molar-refractivity contribution >= 4 is 23.6 Å². The monoisotopic (exact) mass is 354 g/mol. The van der Waals surface area contributed by atoms with Gasteiger partial charge < -0.3 is 16.0 Å². The molecule has 2 rings (SSSR count). The van der Waals surface area contributed by atoms with Crippen molar-refractivity contribution < 1.29 is 4.79 Å². The van der Waals surface area contributed by atoms with Gasteiger partial charge in [-0.05, 0) is 44.3 Å². The van der Waals surface area contributed by atoms with Crippen molar-refractivity contribution in [3.63, 3.8) is 0 Å². The lowest BCUT2D eigenvalue weighted by Crippen LogP contribution is -2.45. The molecular weight excluding hydrogens is 320 g/mol. The lowest BCUT2D eigenvalue weighted by atomic mass is 9.87. The SMILES string of the molecule is CN=C(NCCNC(=O)CC1CCCCC1)NC1CCC(SC)C1. The van der Waals surface area contributed by atoms with Crippen LogP contribution in [0.1, 0.15) is 57.8 Å². The van der Waals surface area contributed by atoms with Gasteiger partial charge in [-0.1, -0.05) is 19.3 Å². The van der Waals surface area contributed by atoms with Crippen molar-refractivity contribution in [2.24, 2.45) is 10.9 Å². The van der Waals surface area contributed by atoms with E-state index in [2.05, 4.69) is 27.2 Å². The van der Waals surface area contributed by atoms with E-state index in [1.54, 1.807) is 7.05 Å².